The first-order valence-corrected chi connectivity index (χ1v) is 7.02. The Bertz CT molecular complexity index is 295. The molecule has 0 aliphatic carbocycles. The zero-order valence-electron chi connectivity index (χ0n) is 13.8. The number of carboxylic acids is 1. The molecule has 120 valence electrons. The third-order valence-electron chi connectivity index (χ3n) is 2.80. The molecule has 0 spiro atoms. The lowest BCUT2D eigenvalue weighted by molar-refractivity contribution is -0.164. The summed E-state index contributed by atoms with van der Waals surface area (Å²) in [6.45, 7) is 13.0. The van der Waals surface area contributed by atoms with E-state index in [0.717, 1.165) is 0 Å². The van der Waals surface area contributed by atoms with E-state index in [2.05, 4.69) is 0 Å². The minimum atomic E-state index is -0.745. The molecule has 0 heterocycles. The van der Waals surface area contributed by atoms with Gasteiger partial charge in [0, 0.05) is 11.8 Å². The second-order valence-corrected chi connectivity index (χ2v) is 6.15. The number of aliphatic carboxylic acids is 1. The molecule has 0 fully saturated rings. The molecule has 0 rings (SSSR count). The maximum Gasteiger partial charge on any atom is 0.308 e. The second-order valence-electron chi connectivity index (χ2n) is 6.15. The van der Waals surface area contributed by atoms with Gasteiger partial charge in [0.15, 0.2) is 0 Å². The number of hydrogen-bond acceptors (Lipinski definition) is 4. The molecule has 0 amide bonds. The van der Waals surface area contributed by atoms with Gasteiger partial charge in [0.05, 0.1) is 12.5 Å². The number of rotatable bonds is 6. The smallest absolute Gasteiger partial charge is 0.308 e. The van der Waals surface area contributed by atoms with Gasteiger partial charge in [-0.3, -0.25) is 9.59 Å². The Morgan fingerprint density at radius 1 is 1.15 bits per heavy atom. The Kier molecular flexibility index (Phi) is 10.3. The van der Waals surface area contributed by atoms with Crippen molar-refractivity contribution in [3.05, 3.63) is 0 Å². The SMILES string of the molecule is CC(C)C(=O)OC(C(C)C)C(C)(C)CO.CCC(=O)O. The summed E-state index contributed by atoms with van der Waals surface area (Å²) < 4.78 is 5.43. The predicted molar refractivity (Wildman–Crippen MR) is 78.3 cm³/mol. The molecule has 0 saturated carbocycles. The van der Waals surface area contributed by atoms with E-state index < -0.39 is 11.4 Å². The van der Waals surface area contributed by atoms with Gasteiger partial charge in [0.1, 0.15) is 6.10 Å². The lowest BCUT2D eigenvalue weighted by Crippen LogP contribution is -2.41. The van der Waals surface area contributed by atoms with E-state index in [1.807, 2.05) is 41.5 Å². The number of aliphatic hydroxyl groups is 1. The molecule has 2 N–H and O–H groups in total. The predicted octanol–water partition coefficient (Wildman–Crippen LogP) is 2.71. The van der Waals surface area contributed by atoms with Crippen LogP contribution in [-0.2, 0) is 14.3 Å². The van der Waals surface area contributed by atoms with Crippen molar-refractivity contribution in [2.45, 2.75) is 61.0 Å². The maximum absolute atomic E-state index is 11.5. The summed E-state index contributed by atoms with van der Waals surface area (Å²) in [6.07, 6.45) is -0.0163. The molecule has 1 atom stereocenters. The van der Waals surface area contributed by atoms with E-state index in [1.54, 1.807) is 6.92 Å². The molecular weight excluding hydrogens is 260 g/mol. The molecule has 0 aromatic carbocycles. The number of carboxylic acid groups (broad SMARTS) is 1. The van der Waals surface area contributed by atoms with Gasteiger partial charge >= 0.3 is 11.9 Å². The van der Waals surface area contributed by atoms with Crippen molar-refractivity contribution in [2.24, 2.45) is 17.3 Å². The highest BCUT2D eigenvalue weighted by molar-refractivity contribution is 5.71. The fourth-order valence-electron chi connectivity index (χ4n) is 1.55. The zero-order valence-corrected chi connectivity index (χ0v) is 13.8. The van der Waals surface area contributed by atoms with Crippen molar-refractivity contribution in [1.82, 2.24) is 0 Å². The van der Waals surface area contributed by atoms with E-state index in [-0.39, 0.29) is 36.9 Å². The van der Waals surface area contributed by atoms with Crippen molar-refractivity contribution in [3.8, 4) is 0 Å². The molecule has 0 aromatic heterocycles. The summed E-state index contributed by atoms with van der Waals surface area (Å²) in [6, 6.07) is 0. The largest absolute Gasteiger partial charge is 0.481 e. The van der Waals surface area contributed by atoms with Crippen LogP contribution >= 0.6 is 0 Å². The van der Waals surface area contributed by atoms with Gasteiger partial charge in [0.2, 0.25) is 0 Å². The highest BCUT2D eigenvalue weighted by Crippen LogP contribution is 2.29. The van der Waals surface area contributed by atoms with Crippen LogP contribution in [0.1, 0.15) is 54.9 Å². The van der Waals surface area contributed by atoms with Crippen molar-refractivity contribution in [1.29, 1.82) is 0 Å². The normalized spacial score (nSPS) is 12.7. The van der Waals surface area contributed by atoms with E-state index >= 15 is 0 Å². The third-order valence-corrected chi connectivity index (χ3v) is 2.80. The monoisotopic (exact) mass is 290 g/mol. The molecule has 5 heteroatoms. The summed E-state index contributed by atoms with van der Waals surface area (Å²) in [4.78, 5) is 20.9. The molecular formula is C15H30O5. The van der Waals surface area contributed by atoms with Gasteiger partial charge in [-0.1, -0.05) is 48.5 Å². The third kappa shape index (κ3) is 8.91. The summed E-state index contributed by atoms with van der Waals surface area (Å²) in [5, 5.41) is 17.0. The Balaban J connectivity index is 0. The summed E-state index contributed by atoms with van der Waals surface area (Å²) in [5.74, 6) is -0.865. The van der Waals surface area contributed by atoms with Gasteiger partial charge in [0.25, 0.3) is 0 Å². The number of ether oxygens (including phenoxy) is 1. The number of aliphatic hydroxyl groups excluding tert-OH is 1. The van der Waals surface area contributed by atoms with E-state index in [0.29, 0.717) is 0 Å². The van der Waals surface area contributed by atoms with Crippen molar-refractivity contribution in [3.63, 3.8) is 0 Å². The van der Waals surface area contributed by atoms with Gasteiger partial charge < -0.3 is 14.9 Å². The number of carbonyl (C=O) groups is 2. The van der Waals surface area contributed by atoms with Crippen LogP contribution in [-0.4, -0.2) is 34.9 Å². The van der Waals surface area contributed by atoms with Gasteiger partial charge in [-0.2, -0.15) is 0 Å². The molecule has 0 aromatic rings. The summed E-state index contributed by atoms with van der Waals surface area (Å²) in [5.41, 5.74) is -0.390. The van der Waals surface area contributed by atoms with Gasteiger partial charge in [-0.05, 0) is 5.92 Å². The van der Waals surface area contributed by atoms with Crippen LogP contribution in [0.15, 0.2) is 0 Å². The van der Waals surface area contributed by atoms with E-state index in [9.17, 15) is 14.7 Å². The Hall–Kier alpha value is -1.10. The van der Waals surface area contributed by atoms with Crippen molar-refractivity contribution in [2.75, 3.05) is 6.61 Å². The highest BCUT2D eigenvalue weighted by Gasteiger charge is 2.35. The molecule has 20 heavy (non-hydrogen) atoms. The van der Waals surface area contributed by atoms with E-state index in [4.69, 9.17) is 9.84 Å². The molecule has 0 radical (unpaired) electrons. The standard InChI is InChI=1S/C12H24O3.C3H6O2/c1-8(2)10(12(5,6)7-13)15-11(14)9(3)4;1-2-3(4)5/h8-10,13H,7H2,1-6H3;2H2,1H3,(H,4,5). The van der Waals surface area contributed by atoms with Gasteiger partial charge in [-0.15, -0.1) is 0 Å². The summed E-state index contributed by atoms with van der Waals surface area (Å²) >= 11 is 0. The molecule has 5 nitrogen and oxygen atoms in total. The Morgan fingerprint density at radius 2 is 1.55 bits per heavy atom. The topological polar surface area (TPSA) is 83.8 Å². The lowest BCUT2D eigenvalue weighted by atomic mass is 9.81. The van der Waals surface area contributed by atoms with Crippen molar-refractivity contribution >= 4 is 11.9 Å². The van der Waals surface area contributed by atoms with Crippen LogP contribution in [0, 0.1) is 17.3 Å². The van der Waals surface area contributed by atoms with Gasteiger partial charge in [-0.25, -0.2) is 0 Å². The average molecular weight is 290 g/mol. The minimum absolute atomic E-state index is 0.0151. The number of hydrogen-bond donors (Lipinski definition) is 2. The van der Waals surface area contributed by atoms with Crippen LogP contribution in [0.5, 0.6) is 0 Å². The summed E-state index contributed by atoms with van der Waals surface area (Å²) in [7, 11) is 0. The second kappa shape index (κ2) is 9.75. The maximum atomic E-state index is 11.5. The quantitative estimate of drug-likeness (QED) is 0.735. The highest BCUT2D eigenvalue weighted by atomic mass is 16.5. The molecule has 0 aliphatic heterocycles. The van der Waals surface area contributed by atoms with Crippen molar-refractivity contribution < 1.29 is 24.5 Å². The first-order valence-electron chi connectivity index (χ1n) is 7.02. The van der Waals surface area contributed by atoms with Crippen LogP contribution in [0.3, 0.4) is 0 Å². The fourth-order valence-corrected chi connectivity index (χ4v) is 1.55. The Labute approximate surface area is 122 Å². The molecule has 0 bridgehead atoms. The number of esters is 1. The van der Waals surface area contributed by atoms with E-state index in [1.165, 1.54) is 0 Å². The van der Waals surface area contributed by atoms with Crippen LogP contribution < -0.4 is 0 Å². The van der Waals surface area contributed by atoms with Crippen LogP contribution in [0.4, 0.5) is 0 Å². The first-order chi connectivity index (χ1) is 8.99. The molecule has 1 unspecified atom stereocenters. The van der Waals surface area contributed by atoms with Crippen LogP contribution in [0.25, 0.3) is 0 Å². The molecule has 0 saturated heterocycles. The average Bonchev–Trinajstić information content (AvgIpc) is 2.35. The fraction of sp³-hybridized carbons (Fsp3) is 0.867. The lowest BCUT2D eigenvalue weighted by Gasteiger charge is -2.35. The molecule has 0 aliphatic rings. The Morgan fingerprint density at radius 3 is 1.75 bits per heavy atom. The minimum Gasteiger partial charge on any atom is -0.481 e. The zero-order chi connectivity index (χ0) is 16.5. The van der Waals surface area contributed by atoms with Crippen LogP contribution in [0.2, 0.25) is 0 Å². The number of carbonyl (C=O) groups excluding carboxylic acids is 1. The first kappa shape index (κ1) is 21.2.